The fourth-order valence-electron chi connectivity index (χ4n) is 2.00. The van der Waals surface area contributed by atoms with Crippen molar-refractivity contribution in [3.63, 3.8) is 0 Å². The molecular formula is C15H15N5S. The predicted molar refractivity (Wildman–Crippen MR) is 82.3 cm³/mol. The molecule has 0 amide bonds. The SMILES string of the molecule is Cc1ccc(CN)c(Sc2nnnn2-c2ccccc2)c1. The number of nitrogens with two attached hydrogens (primary N) is 1. The number of nitrogens with zero attached hydrogens (tertiary/aromatic N) is 4. The van der Waals surface area contributed by atoms with Gasteiger partial charge in [-0.3, -0.25) is 0 Å². The summed E-state index contributed by atoms with van der Waals surface area (Å²) in [6.45, 7) is 2.56. The van der Waals surface area contributed by atoms with Crippen LogP contribution in [0.5, 0.6) is 0 Å². The number of aryl methyl sites for hydroxylation is 1. The molecule has 0 aliphatic carbocycles. The third kappa shape index (κ3) is 2.96. The highest BCUT2D eigenvalue weighted by Gasteiger charge is 2.12. The maximum atomic E-state index is 5.81. The van der Waals surface area contributed by atoms with Gasteiger partial charge >= 0.3 is 0 Å². The van der Waals surface area contributed by atoms with Gasteiger partial charge in [0.25, 0.3) is 0 Å². The van der Waals surface area contributed by atoms with Crippen LogP contribution in [0.4, 0.5) is 0 Å². The quantitative estimate of drug-likeness (QED) is 0.801. The van der Waals surface area contributed by atoms with Gasteiger partial charge in [0.05, 0.1) is 5.69 Å². The van der Waals surface area contributed by atoms with Crippen molar-refractivity contribution in [2.45, 2.75) is 23.5 Å². The Balaban J connectivity index is 1.97. The zero-order valence-corrected chi connectivity index (χ0v) is 12.4. The van der Waals surface area contributed by atoms with Crippen molar-refractivity contribution in [2.75, 3.05) is 0 Å². The van der Waals surface area contributed by atoms with Crippen LogP contribution in [0.3, 0.4) is 0 Å². The number of para-hydroxylation sites is 1. The highest BCUT2D eigenvalue weighted by atomic mass is 32.2. The van der Waals surface area contributed by atoms with E-state index in [0.717, 1.165) is 21.3 Å². The van der Waals surface area contributed by atoms with Crippen molar-refractivity contribution < 1.29 is 0 Å². The Kier molecular flexibility index (Phi) is 3.98. The summed E-state index contributed by atoms with van der Waals surface area (Å²) < 4.78 is 1.73. The van der Waals surface area contributed by atoms with Gasteiger partial charge in [0.15, 0.2) is 0 Å². The van der Waals surface area contributed by atoms with Gasteiger partial charge in [0, 0.05) is 11.4 Å². The molecule has 5 nitrogen and oxygen atoms in total. The van der Waals surface area contributed by atoms with E-state index in [1.807, 2.05) is 36.4 Å². The zero-order chi connectivity index (χ0) is 14.7. The van der Waals surface area contributed by atoms with Crippen molar-refractivity contribution in [3.8, 4) is 5.69 Å². The molecule has 2 aromatic carbocycles. The second kappa shape index (κ2) is 6.07. The van der Waals surface area contributed by atoms with Gasteiger partial charge in [-0.1, -0.05) is 30.3 Å². The largest absolute Gasteiger partial charge is 0.326 e. The lowest BCUT2D eigenvalue weighted by Crippen LogP contribution is -2.01. The molecule has 2 N–H and O–H groups in total. The summed E-state index contributed by atoms with van der Waals surface area (Å²) in [6.07, 6.45) is 0. The summed E-state index contributed by atoms with van der Waals surface area (Å²) in [7, 11) is 0. The molecule has 0 atom stereocenters. The Morgan fingerprint density at radius 1 is 1.14 bits per heavy atom. The first-order valence-corrected chi connectivity index (χ1v) is 7.41. The van der Waals surface area contributed by atoms with E-state index in [2.05, 4.69) is 34.6 Å². The van der Waals surface area contributed by atoms with E-state index < -0.39 is 0 Å². The molecule has 3 aromatic rings. The second-order valence-electron chi connectivity index (χ2n) is 4.63. The minimum Gasteiger partial charge on any atom is -0.326 e. The summed E-state index contributed by atoms with van der Waals surface area (Å²) in [6, 6.07) is 16.1. The van der Waals surface area contributed by atoms with Crippen LogP contribution in [-0.2, 0) is 6.54 Å². The molecule has 0 unspecified atom stereocenters. The van der Waals surface area contributed by atoms with Crippen molar-refractivity contribution in [1.29, 1.82) is 0 Å². The molecule has 0 saturated carbocycles. The Labute approximate surface area is 127 Å². The Morgan fingerprint density at radius 3 is 2.71 bits per heavy atom. The van der Waals surface area contributed by atoms with Crippen LogP contribution in [0.1, 0.15) is 11.1 Å². The minimum atomic E-state index is 0.496. The first-order valence-electron chi connectivity index (χ1n) is 6.59. The molecule has 0 fully saturated rings. The van der Waals surface area contributed by atoms with Crippen LogP contribution in [0.15, 0.2) is 58.6 Å². The molecule has 106 valence electrons. The van der Waals surface area contributed by atoms with E-state index >= 15 is 0 Å². The van der Waals surface area contributed by atoms with Gasteiger partial charge in [0.2, 0.25) is 5.16 Å². The van der Waals surface area contributed by atoms with E-state index in [9.17, 15) is 0 Å². The predicted octanol–water partition coefficient (Wildman–Crippen LogP) is 2.58. The maximum Gasteiger partial charge on any atom is 0.218 e. The number of aromatic nitrogens is 4. The number of benzene rings is 2. The topological polar surface area (TPSA) is 69.6 Å². The molecule has 0 spiro atoms. The fourth-order valence-corrected chi connectivity index (χ4v) is 3.03. The third-order valence-electron chi connectivity index (χ3n) is 3.09. The average Bonchev–Trinajstić information content (AvgIpc) is 2.96. The van der Waals surface area contributed by atoms with E-state index in [1.165, 1.54) is 17.3 Å². The molecule has 0 radical (unpaired) electrons. The number of hydrogen-bond acceptors (Lipinski definition) is 5. The molecule has 1 heterocycles. The molecule has 21 heavy (non-hydrogen) atoms. The number of rotatable bonds is 4. The third-order valence-corrected chi connectivity index (χ3v) is 4.12. The Bertz CT molecular complexity index is 739. The average molecular weight is 297 g/mol. The summed E-state index contributed by atoms with van der Waals surface area (Å²) in [5.41, 5.74) is 9.02. The highest BCUT2D eigenvalue weighted by Crippen LogP contribution is 2.30. The van der Waals surface area contributed by atoms with Crippen molar-refractivity contribution in [2.24, 2.45) is 5.73 Å². The summed E-state index contributed by atoms with van der Waals surface area (Å²) in [5, 5.41) is 12.7. The van der Waals surface area contributed by atoms with Crippen LogP contribution in [-0.4, -0.2) is 20.2 Å². The van der Waals surface area contributed by atoms with Crippen LogP contribution < -0.4 is 5.73 Å². The minimum absolute atomic E-state index is 0.496. The summed E-state index contributed by atoms with van der Waals surface area (Å²) in [5.74, 6) is 0. The lowest BCUT2D eigenvalue weighted by atomic mass is 10.1. The van der Waals surface area contributed by atoms with Gasteiger partial charge in [-0.05, 0) is 58.4 Å². The Hall–Kier alpha value is -2.18. The monoisotopic (exact) mass is 297 g/mol. The maximum absolute atomic E-state index is 5.81. The smallest absolute Gasteiger partial charge is 0.218 e. The van der Waals surface area contributed by atoms with E-state index in [1.54, 1.807) is 4.68 Å². The van der Waals surface area contributed by atoms with Gasteiger partial charge < -0.3 is 5.73 Å². The standard InChI is InChI=1S/C15H15N5S/c1-11-7-8-12(10-16)14(9-11)21-15-17-18-19-20(15)13-5-3-2-4-6-13/h2-9H,10,16H2,1H3. The van der Waals surface area contributed by atoms with Gasteiger partial charge in [-0.15, -0.1) is 5.10 Å². The van der Waals surface area contributed by atoms with Gasteiger partial charge in [-0.2, -0.15) is 4.68 Å². The van der Waals surface area contributed by atoms with E-state index in [4.69, 9.17) is 5.73 Å². The van der Waals surface area contributed by atoms with Crippen molar-refractivity contribution in [1.82, 2.24) is 20.2 Å². The summed E-state index contributed by atoms with van der Waals surface area (Å²) >= 11 is 1.53. The highest BCUT2D eigenvalue weighted by molar-refractivity contribution is 7.99. The van der Waals surface area contributed by atoms with Crippen LogP contribution in [0, 0.1) is 6.92 Å². The lowest BCUT2D eigenvalue weighted by Gasteiger charge is -2.08. The zero-order valence-electron chi connectivity index (χ0n) is 11.6. The Morgan fingerprint density at radius 2 is 1.95 bits per heavy atom. The first-order chi connectivity index (χ1) is 10.3. The van der Waals surface area contributed by atoms with Crippen LogP contribution in [0.25, 0.3) is 5.69 Å². The summed E-state index contributed by atoms with van der Waals surface area (Å²) in [4.78, 5) is 1.09. The van der Waals surface area contributed by atoms with Crippen LogP contribution >= 0.6 is 11.8 Å². The number of tetrazole rings is 1. The molecule has 6 heteroatoms. The van der Waals surface area contributed by atoms with Gasteiger partial charge in [-0.25, -0.2) is 0 Å². The molecule has 0 aliphatic heterocycles. The van der Waals surface area contributed by atoms with Gasteiger partial charge in [0.1, 0.15) is 0 Å². The number of hydrogen-bond donors (Lipinski definition) is 1. The van der Waals surface area contributed by atoms with Crippen LogP contribution in [0.2, 0.25) is 0 Å². The molecule has 1 aromatic heterocycles. The van der Waals surface area contributed by atoms with Crippen molar-refractivity contribution >= 4 is 11.8 Å². The molecule has 3 rings (SSSR count). The normalized spacial score (nSPS) is 10.8. The van der Waals surface area contributed by atoms with Crippen molar-refractivity contribution in [3.05, 3.63) is 59.7 Å². The van der Waals surface area contributed by atoms with E-state index in [-0.39, 0.29) is 0 Å². The first kappa shape index (κ1) is 13.8. The molecule has 0 bridgehead atoms. The molecule has 0 saturated heterocycles. The second-order valence-corrected chi connectivity index (χ2v) is 5.64. The molecule has 0 aliphatic rings. The molecular weight excluding hydrogens is 282 g/mol. The van der Waals surface area contributed by atoms with E-state index in [0.29, 0.717) is 6.54 Å². The fraction of sp³-hybridized carbons (Fsp3) is 0.133. The lowest BCUT2D eigenvalue weighted by molar-refractivity contribution is 0.756.